The molecule has 0 spiro atoms. The summed E-state index contributed by atoms with van der Waals surface area (Å²) in [6.45, 7) is 2.53. The first-order chi connectivity index (χ1) is 8.90. The van der Waals surface area contributed by atoms with Crippen molar-refractivity contribution in [3.05, 3.63) is 29.8 Å². The average Bonchev–Trinajstić information content (AvgIpc) is 2.37. The van der Waals surface area contributed by atoms with Crippen LogP contribution >= 0.6 is 0 Å². The van der Waals surface area contributed by atoms with Crippen LogP contribution in [-0.2, 0) is 10.0 Å². The van der Waals surface area contributed by atoms with Crippen LogP contribution in [0.2, 0.25) is 0 Å². The van der Waals surface area contributed by atoms with Gasteiger partial charge in [-0.05, 0) is 37.1 Å². The normalized spacial score (nSPS) is 13.5. The van der Waals surface area contributed by atoms with Crippen LogP contribution in [0.25, 0.3) is 0 Å². The number of hydrogen-bond donors (Lipinski definition) is 2. The van der Waals surface area contributed by atoms with Gasteiger partial charge in [-0.1, -0.05) is 13.3 Å². The van der Waals surface area contributed by atoms with Crippen molar-refractivity contribution in [1.82, 2.24) is 4.72 Å². The lowest BCUT2D eigenvalue weighted by molar-refractivity contribution is 0.464. The van der Waals surface area contributed by atoms with Gasteiger partial charge in [0.05, 0.1) is 0 Å². The average molecular weight is 292 g/mol. The van der Waals surface area contributed by atoms with Crippen LogP contribution in [0.1, 0.15) is 19.8 Å². The van der Waals surface area contributed by atoms with E-state index in [2.05, 4.69) is 4.72 Å². The highest BCUT2D eigenvalue weighted by atomic mass is 32.2. The summed E-state index contributed by atoms with van der Waals surface area (Å²) in [5.74, 6) is -1.69. The summed E-state index contributed by atoms with van der Waals surface area (Å²) in [6, 6.07) is 2.33. The largest absolute Gasteiger partial charge is 0.330 e. The zero-order chi connectivity index (χ0) is 14.5. The third kappa shape index (κ3) is 4.52. The molecule has 1 aromatic rings. The Morgan fingerprint density at radius 1 is 1.37 bits per heavy atom. The summed E-state index contributed by atoms with van der Waals surface area (Å²) in [5.41, 5.74) is 5.41. The van der Waals surface area contributed by atoms with Crippen LogP contribution in [0.15, 0.2) is 23.1 Å². The number of sulfonamides is 1. The van der Waals surface area contributed by atoms with E-state index in [1.165, 1.54) is 0 Å². The van der Waals surface area contributed by atoms with Gasteiger partial charge in [0.1, 0.15) is 16.5 Å². The van der Waals surface area contributed by atoms with Gasteiger partial charge in [-0.25, -0.2) is 21.9 Å². The van der Waals surface area contributed by atoms with Gasteiger partial charge in [0, 0.05) is 6.54 Å². The molecule has 1 unspecified atom stereocenters. The minimum atomic E-state index is -4.04. The third-order valence-corrected chi connectivity index (χ3v) is 4.34. The third-order valence-electron chi connectivity index (χ3n) is 2.90. The standard InChI is InChI=1S/C12H18F2N2O2S/c1-2-9(5-6-15)8-16-19(17,18)12-7-10(13)3-4-11(12)14/h3-4,7,9,16H,2,5-6,8,15H2,1H3. The molecule has 1 aromatic carbocycles. The minimum Gasteiger partial charge on any atom is -0.330 e. The molecule has 1 rings (SSSR count). The van der Waals surface area contributed by atoms with Crippen molar-refractivity contribution in [2.45, 2.75) is 24.7 Å². The lowest BCUT2D eigenvalue weighted by Gasteiger charge is -2.15. The maximum atomic E-state index is 13.4. The molecule has 0 amide bonds. The van der Waals surface area contributed by atoms with E-state index >= 15 is 0 Å². The Bertz CT molecular complexity index is 520. The maximum Gasteiger partial charge on any atom is 0.243 e. The number of hydrogen-bond acceptors (Lipinski definition) is 3. The zero-order valence-corrected chi connectivity index (χ0v) is 11.5. The smallest absolute Gasteiger partial charge is 0.243 e. The number of nitrogens with two attached hydrogens (primary N) is 1. The fourth-order valence-corrected chi connectivity index (χ4v) is 2.88. The van der Waals surface area contributed by atoms with Gasteiger partial charge in [-0.3, -0.25) is 0 Å². The number of rotatable bonds is 7. The van der Waals surface area contributed by atoms with E-state index in [0.717, 1.165) is 18.6 Å². The van der Waals surface area contributed by atoms with Crippen LogP contribution < -0.4 is 10.5 Å². The van der Waals surface area contributed by atoms with Crippen molar-refractivity contribution < 1.29 is 17.2 Å². The molecule has 4 nitrogen and oxygen atoms in total. The van der Waals surface area contributed by atoms with Gasteiger partial charge in [0.25, 0.3) is 0 Å². The predicted molar refractivity (Wildman–Crippen MR) is 69.0 cm³/mol. The fourth-order valence-electron chi connectivity index (χ4n) is 1.67. The van der Waals surface area contributed by atoms with Crippen LogP contribution in [0.5, 0.6) is 0 Å². The highest BCUT2D eigenvalue weighted by molar-refractivity contribution is 7.89. The zero-order valence-electron chi connectivity index (χ0n) is 10.7. The van der Waals surface area contributed by atoms with E-state index in [1.54, 1.807) is 0 Å². The summed E-state index contributed by atoms with van der Waals surface area (Å²) in [4.78, 5) is -0.671. The van der Waals surface area contributed by atoms with Crippen molar-refractivity contribution in [2.75, 3.05) is 13.1 Å². The highest BCUT2D eigenvalue weighted by Crippen LogP contribution is 2.16. The quantitative estimate of drug-likeness (QED) is 0.802. The van der Waals surface area contributed by atoms with Crippen LogP contribution in [0.3, 0.4) is 0 Å². The number of benzene rings is 1. The molecular weight excluding hydrogens is 274 g/mol. The monoisotopic (exact) mass is 292 g/mol. The Balaban J connectivity index is 2.83. The molecule has 0 aliphatic rings. The summed E-state index contributed by atoms with van der Waals surface area (Å²) in [7, 11) is -4.04. The van der Waals surface area contributed by atoms with Gasteiger partial charge >= 0.3 is 0 Å². The second-order valence-corrected chi connectivity index (χ2v) is 6.01. The summed E-state index contributed by atoms with van der Waals surface area (Å²) in [6.07, 6.45) is 1.43. The van der Waals surface area contributed by atoms with Crippen molar-refractivity contribution in [1.29, 1.82) is 0 Å². The Labute approximate surface area is 112 Å². The fraction of sp³-hybridized carbons (Fsp3) is 0.500. The molecule has 3 N–H and O–H groups in total. The van der Waals surface area contributed by atoms with Gasteiger partial charge in [0.2, 0.25) is 10.0 Å². The lowest BCUT2D eigenvalue weighted by atomic mass is 10.0. The Morgan fingerprint density at radius 3 is 2.63 bits per heavy atom. The van der Waals surface area contributed by atoms with E-state index in [1.807, 2.05) is 6.92 Å². The topological polar surface area (TPSA) is 72.2 Å². The summed E-state index contributed by atoms with van der Waals surface area (Å²) in [5, 5.41) is 0. The maximum absolute atomic E-state index is 13.4. The number of halogens is 2. The predicted octanol–water partition coefficient (Wildman–Crippen LogP) is 1.62. The molecule has 0 fully saturated rings. The summed E-state index contributed by atoms with van der Waals surface area (Å²) < 4.78 is 52.5. The molecule has 0 aliphatic carbocycles. The summed E-state index contributed by atoms with van der Waals surface area (Å²) >= 11 is 0. The van der Waals surface area contributed by atoms with E-state index < -0.39 is 26.6 Å². The molecule has 19 heavy (non-hydrogen) atoms. The first kappa shape index (κ1) is 16.0. The molecule has 0 saturated carbocycles. The van der Waals surface area contributed by atoms with Crippen molar-refractivity contribution in [3.63, 3.8) is 0 Å². The van der Waals surface area contributed by atoms with Crippen molar-refractivity contribution in [3.8, 4) is 0 Å². The molecule has 0 radical (unpaired) electrons. The van der Waals surface area contributed by atoms with Crippen molar-refractivity contribution >= 4 is 10.0 Å². The van der Waals surface area contributed by atoms with Gasteiger partial charge < -0.3 is 5.73 Å². The van der Waals surface area contributed by atoms with E-state index in [4.69, 9.17) is 5.73 Å². The lowest BCUT2D eigenvalue weighted by Crippen LogP contribution is -2.30. The molecule has 0 aliphatic heterocycles. The molecule has 1 atom stereocenters. The van der Waals surface area contributed by atoms with Gasteiger partial charge in [-0.2, -0.15) is 0 Å². The highest BCUT2D eigenvalue weighted by Gasteiger charge is 2.20. The van der Waals surface area contributed by atoms with Crippen molar-refractivity contribution in [2.24, 2.45) is 11.7 Å². The van der Waals surface area contributed by atoms with E-state index in [-0.39, 0.29) is 12.5 Å². The molecule has 0 aromatic heterocycles. The van der Waals surface area contributed by atoms with E-state index in [0.29, 0.717) is 19.0 Å². The van der Waals surface area contributed by atoms with Crippen LogP contribution in [0, 0.1) is 17.6 Å². The van der Waals surface area contributed by atoms with Gasteiger partial charge in [0.15, 0.2) is 0 Å². The molecule has 0 bridgehead atoms. The molecule has 108 valence electrons. The second kappa shape index (κ2) is 6.93. The molecular formula is C12H18F2N2O2S. The first-order valence-electron chi connectivity index (χ1n) is 6.05. The second-order valence-electron chi connectivity index (χ2n) is 4.28. The Morgan fingerprint density at radius 2 is 2.05 bits per heavy atom. The minimum absolute atomic E-state index is 0.0800. The van der Waals surface area contributed by atoms with E-state index in [9.17, 15) is 17.2 Å². The molecule has 7 heteroatoms. The SMILES string of the molecule is CCC(CCN)CNS(=O)(=O)c1cc(F)ccc1F. The Kier molecular flexibility index (Phi) is 5.84. The first-order valence-corrected chi connectivity index (χ1v) is 7.53. The van der Waals surface area contributed by atoms with Crippen LogP contribution in [-0.4, -0.2) is 21.5 Å². The molecule has 0 saturated heterocycles. The number of nitrogens with one attached hydrogen (secondary N) is 1. The van der Waals surface area contributed by atoms with Gasteiger partial charge in [-0.15, -0.1) is 0 Å². The van der Waals surface area contributed by atoms with Crippen LogP contribution in [0.4, 0.5) is 8.78 Å². The Hall–Kier alpha value is -1.05. The molecule has 0 heterocycles.